The standard InChI is InChI=1S/C15H13ClN2OS2/c1-3-9-5-4-6-10-13(9)18(2)15(21-10)17-14(19)11-7-8-12(16)20-11/h4-8H,3H2,1-2H3. The number of carbonyl (C=O) groups excluding carboxylic acids is 1. The maximum Gasteiger partial charge on any atom is 0.289 e. The molecule has 0 spiro atoms. The number of carbonyl (C=O) groups is 1. The number of nitrogens with zero attached hydrogens (tertiary/aromatic N) is 2. The zero-order valence-corrected chi connectivity index (χ0v) is 14.0. The van der Waals surface area contributed by atoms with E-state index in [9.17, 15) is 4.79 Å². The van der Waals surface area contributed by atoms with Gasteiger partial charge in [-0.05, 0) is 30.2 Å². The van der Waals surface area contributed by atoms with E-state index in [1.807, 2.05) is 17.7 Å². The summed E-state index contributed by atoms with van der Waals surface area (Å²) in [5, 5.41) is 0. The van der Waals surface area contributed by atoms with Crippen LogP contribution in [0.15, 0.2) is 35.3 Å². The van der Waals surface area contributed by atoms with Crippen molar-refractivity contribution in [2.45, 2.75) is 13.3 Å². The van der Waals surface area contributed by atoms with Gasteiger partial charge in [0.15, 0.2) is 4.80 Å². The van der Waals surface area contributed by atoms with E-state index in [1.54, 1.807) is 12.1 Å². The number of aromatic nitrogens is 1. The van der Waals surface area contributed by atoms with E-state index in [0.29, 0.717) is 14.0 Å². The van der Waals surface area contributed by atoms with Crippen molar-refractivity contribution in [3.05, 3.63) is 49.9 Å². The molecular formula is C15H13ClN2OS2. The Morgan fingerprint density at radius 3 is 2.76 bits per heavy atom. The lowest BCUT2D eigenvalue weighted by Crippen LogP contribution is -2.13. The minimum atomic E-state index is -0.243. The third-order valence-electron chi connectivity index (χ3n) is 3.27. The van der Waals surface area contributed by atoms with Crippen molar-refractivity contribution < 1.29 is 4.79 Å². The fraction of sp³-hybridized carbons (Fsp3) is 0.200. The van der Waals surface area contributed by atoms with Gasteiger partial charge in [-0.1, -0.05) is 42.0 Å². The van der Waals surface area contributed by atoms with Crippen LogP contribution >= 0.6 is 34.3 Å². The lowest BCUT2D eigenvalue weighted by Gasteiger charge is -2.01. The molecule has 21 heavy (non-hydrogen) atoms. The Labute approximate surface area is 135 Å². The molecule has 3 aromatic rings. The summed E-state index contributed by atoms with van der Waals surface area (Å²) in [6, 6.07) is 9.64. The van der Waals surface area contributed by atoms with Gasteiger partial charge in [-0.2, -0.15) is 4.99 Å². The lowest BCUT2D eigenvalue weighted by atomic mass is 10.1. The third-order valence-corrected chi connectivity index (χ3v) is 5.58. The molecule has 0 saturated carbocycles. The zero-order chi connectivity index (χ0) is 15.0. The van der Waals surface area contributed by atoms with Crippen molar-refractivity contribution in [2.75, 3.05) is 0 Å². The van der Waals surface area contributed by atoms with Gasteiger partial charge in [0.2, 0.25) is 0 Å². The van der Waals surface area contributed by atoms with Crippen molar-refractivity contribution in [2.24, 2.45) is 12.0 Å². The molecule has 2 aromatic heterocycles. The normalized spacial score (nSPS) is 12.2. The number of thiazole rings is 1. The van der Waals surface area contributed by atoms with Crippen LogP contribution in [0.2, 0.25) is 4.34 Å². The van der Waals surface area contributed by atoms with Crippen molar-refractivity contribution in [3.8, 4) is 0 Å². The van der Waals surface area contributed by atoms with E-state index in [1.165, 1.54) is 28.2 Å². The molecular weight excluding hydrogens is 324 g/mol. The van der Waals surface area contributed by atoms with Gasteiger partial charge in [0.05, 0.1) is 19.4 Å². The number of hydrogen-bond acceptors (Lipinski definition) is 3. The summed E-state index contributed by atoms with van der Waals surface area (Å²) in [6.07, 6.45) is 0.954. The number of thiophene rings is 1. The average Bonchev–Trinajstić information content (AvgIpc) is 3.04. The summed E-state index contributed by atoms with van der Waals surface area (Å²) in [7, 11) is 1.95. The fourth-order valence-electron chi connectivity index (χ4n) is 2.25. The van der Waals surface area contributed by atoms with Gasteiger partial charge in [0, 0.05) is 7.05 Å². The molecule has 0 N–H and O–H groups in total. The predicted molar refractivity (Wildman–Crippen MR) is 89.4 cm³/mol. The van der Waals surface area contributed by atoms with Crippen LogP contribution in [-0.4, -0.2) is 10.5 Å². The van der Waals surface area contributed by atoms with Crippen LogP contribution in [0, 0.1) is 0 Å². The van der Waals surface area contributed by atoms with Crippen molar-refractivity contribution in [3.63, 3.8) is 0 Å². The van der Waals surface area contributed by atoms with Crippen molar-refractivity contribution >= 4 is 50.4 Å². The molecule has 0 bridgehead atoms. The molecule has 2 heterocycles. The molecule has 0 atom stereocenters. The Hall–Kier alpha value is -1.43. The fourth-order valence-corrected chi connectivity index (χ4v) is 4.24. The Morgan fingerprint density at radius 2 is 2.10 bits per heavy atom. The summed E-state index contributed by atoms with van der Waals surface area (Å²) >= 11 is 8.65. The van der Waals surface area contributed by atoms with Crippen LogP contribution in [0.1, 0.15) is 22.2 Å². The second-order valence-corrected chi connectivity index (χ2v) is 7.31. The number of fused-ring (bicyclic) bond motifs is 1. The Bertz CT molecular complexity index is 889. The summed E-state index contributed by atoms with van der Waals surface area (Å²) in [6.45, 7) is 2.13. The highest BCUT2D eigenvalue weighted by atomic mass is 35.5. The van der Waals surface area contributed by atoms with Gasteiger partial charge >= 0.3 is 0 Å². The van der Waals surface area contributed by atoms with E-state index >= 15 is 0 Å². The van der Waals surface area contributed by atoms with Crippen LogP contribution in [-0.2, 0) is 13.5 Å². The maximum atomic E-state index is 12.2. The molecule has 1 amide bonds. The van der Waals surface area contributed by atoms with E-state index in [0.717, 1.165) is 16.6 Å². The first kappa shape index (κ1) is 14.5. The highest BCUT2D eigenvalue weighted by molar-refractivity contribution is 7.18. The number of para-hydroxylation sites is 1. The summed E-state index contributed by atoms with van der Waals surface area (Å²) in [4.78, 5) is 17.7. The first-order valence-corrected chi connectivity index (χ1v) is 8.53. The number of benzene rings is 1. The van der Waals surface area contributed by atoms with Gasteiger partial charge in [-0.25, -0.2) is 0 Å². The Morgan fingerprint density at radius 1 is 1.29 bits per heavy atom. The Balaban J connectivity index is 2.14. The van der Waals surface area contributed by atoms with Gasteiger partial charge in [-0.15, -0.1) is 11.3 Å². The highest BCUT2D eigenvalue weighted by Crippen LogP contribution is 2.23. The molecule has 3 nitrogen and oxygen atoms in total. The number of rotatable bonds is 2. The average molecular weight is 337 g/mol. The third kappa shape index (κ3) is 2.69. The van der Waals surface area contributed by atoms with Gasteiger partial charge in [0.1, 0.15) is 0 Å². The van der Waals surface area contributed by atoms with E-state index in [2.05, 4.69) is 24.0 Å². The van der Waals surface area contributed by atoms with Gasteiger partial charge in [0.25, 0.3) is 5.91 Å². The number of aryl methyl sites for hydroxylation is 2. The van der Waals surface area contributed by atoms with Crippen LogP contribution in [0.25, 0.3) is 10.2 Å². The van der Waals surface area contributed by atoms with Crippen molar-refractivity contribution in [1.29, 1.82) is 0 Å². The Kier molecular flexibility index (Phi) is 3.97. The monoisotopic (exact) mass is 336 g/mol. The summed E-state index contributed by atoms with van der Waals surface area (Å²) < 4.78 is 3.74. The molecule has 108 valence electrons. The number of hydrogen-bond donors (Lipinski definition) is 0. The summed E-state index contributed by atoms with van der Waals surface area (Å²) in [5.74, 6) is -0.243. The second kappa shape index (κ2) is 5.75. The molecule has 0 radical (unpaired) electrons. The highest BCUT2D eigenvalue weighted by Gasteiger charge is 2.10. The van der Waals surface area contributed by atoms with E-state index in [-0.39, 0.29) is 5.91 Å². The maximum absolute atomic E-state index is 12.2. The zero-order valence-electron chi connectivity index (χ0n) is 11.6. The van der Waals surface area contributed by atoms with Gasteiger partial charge in [-0.3, -0.25) is 4.79 Å². The van der Waals surface area contributed by atoms with E-state index in [4.69, 9.17) is 11.6 Å². The number of amides is 1. The molecule has 0 unspecified atom stereocenters. The molecule has 0 saturated heterocycles. The number of halogens is 1. The summed E-state index contributed by atoms with van der Waals surface area (Å²) in [5.41, 5.74) is 2.42. The van der Waals surface area contributed by atoms with E-state index < -0.39 is 0 Å². The lowest BCUT2D eigenvalue weighted by molar-refractivity contribution is 0.100. The van der Waals surface area contributed by atoms with Crippen molar-refractivity contribution in [1.82, 2.24) is 4.57 Å². The first-order chi connectivity index (χ1) is 10.1. The molecule has 3 rings (SSSR count). The minimum Gasteiger partial charge on any atom is -0.319 e. The van der Waals surface area contributed by atoms with Crippen LogP contribution in [0.3, 0.4) is 0 Å². The molecule has 0 aliphatic heterocycles. The quantitative estimate of drug-likeness (QED) is 0.688. The predicted octanol–water partition coefficient (Wildman–Crippen LogP) is 4.26. The van der Waals surface area contributed by atoms with Gasteiger partial charge < -0.3 is 4.57 Å². The van der Waals surface area contributed by atoms with Crippen LogP contribution in [0.5, 0.6) is 0 Å². The largest absolute Gasteiger partial charge is 0.319 e. The van der Waals surface area contributed by atoms with Crippen LogP contribution < -0.4 is 4.80 Å². The second-order valence-electron chi connectivity index (χ2n) is 4.58. The smallest absolute Gasteiger partial charge is 0.289 e. The molecule has 0 aliphatic rings. The van der Waals surface area contributed by atoms with Crippen LogP contribution in [0.4, 0.5) is 0 Å². The molecule has 0 fully saturated rings. The SMILES string of the molecule is CCc1cccc2sc(=NC(=O)c3ccc(Cl)s3)n(C)c12. The molecule has 6 heteroatoms. The minimum absolute atomic E-state index is 0.243. The molecule has 0 aliphatic carbocycles. The topological polar surface area (TPSA) is 34.4 Å². The first-order valence-electron chi connectivity index (χ1n) is 6.52. The molecule has 1 aromatic carbocycles.